The number of benzene rings is 1. The highest BCUT2D eigenvalue weighted by molar-refractivity contribution is 7.92. The van der Waals surface area contributed by atoms with Crippen LogP contribution in [-0.4, -0.2) is 15.5 Å². The highest BCUT2D eigenvalue weighted by Gasteiger charge is 2.20. The molecule has 108 valence electrons. The molecule has 2 aromatic rings. The summed E-state index contributed by atoms with van der Waals surface area (Å²) in [6, 6.07) is 7.08. The van der Waals surface area contributed by atoms with Crippen LogP contribution in [0.1, 0.15) is 11.3 Å². The highest BCUT2D eigenvalue weighted by Crippen LogP contribution is 2.21. The second-order valence-corrected chi connectivity index (χ2v) is 5.95. The number of halogens is 1. The molecule has 0 unspecified atom stereocenters. The molecule has 5 nitrogen and oxygen atoms in total. The number of aryl methyl sites for hydroxylation is 1. The van der Waals surface area contributed by atoms with E-state index in [2.05, 4.69) is 10.0 Å². The van der Waals surface area contributed by atoms with E-state index < -0.39 is 15.8 Å². The number of furan rings is 1. The van der Waals surface area contributed by atoms with E-state index in [0.717, 1.165) is 5.56 Å². The first-order valence-electron chi connectivity index (χ1n) is 5.94. The van der Waals surface area contributed by atoms with Crippen LogP contribution in [0.4, 0.5) is 10.1 Å². The summed E-state index contributed by atoms with van der Waals surface area (Å²) in [5, 5.41) is 2.60. The van der Waals surface area contributed by atoms with E-state index in [4.69, 9.17) is 4.42 Å². The van der Waals surface area contributed by atoms with Gasteiger partial charge in [0.05, 0.1) is 12.2 Å². The molecule has 0 amide bonds. The molecule has 0 saturated heterocycles. The third-order valence-electron chi connectivity index (χ3n) is 2.62. The maximum absolute atomic E-state index is 13.6. The number of rotatable bonds is 5. The van der Waals surface area contributed by atoms with Crippen molar-refractivity contribution < 1.29 is 17.2 Å². The van der Waals surface area contributed by atoms with Gasteiger partial charge in [0.2, 0.25) is 5.09 Å². The lowest BCUT2D eigenvalue weighted by atomic mass is 10.2. The Morgan fingerprint density at radius 3 is 2.70 bits per heavy atom. The lowest BCUT2D eigenvalue weighted by molar-refractivity contribution is 0.408. The minimum Gasteiger partial charge on any atom is -0.446 e. The molecule has 2 N–H and O–H groups in total. The molecule has 1 aromatic heterocycles. The monoisotopic (exact) mass is 298 g/mol. The summed E-state index contributed by atoms with van der Waals surface area (Å²) in [4.78, 5) is 0. The first-order valence-corrected chi connectivity index (χ1v) is 7.43. The second kappa shape index (κ2) is 5.64. The van der Waals surface area contributed by atoms with E-state index in [1.54, 1.807) is 26.1 Å². The van der Waals surface area contributed by atoms with Gasteiger partial charge in [0.25, 0.3) is 10.0 Å². The molecule has 1 heterocycles. The van der Waals surface area contributed by atoms with Crippen molar-refractivity contribution in [2.45, 2.75) is 18.6 Å². The SMILES string of the molecule is CNCc1ccc(S(=O)(=O)Nc2cc(C)ccc2F)o1. The molecular formula is C13H15FN2O3S. The second-order valence-electron chi connectivity index (χ2n) is 4.34. The molecule has 0 bridgehead atoms. The van der Waals surface area contributed by atoms with Crippen molar-refractivity contribution in [3.8, 4) is 0 Å². The van der Waals surface area contributed by atoms with Gasteiger partial charge in [0.15, 0.2) is 0 Å². The Balaban J connectivity index is 2.28. The predicted molar refractivity (Wildman–Crippen MR) is 73.4 cm³/mol. The Labute approximate surface area is 116 Å². The number of anilines is 1. The third-order valence-corrected chi connectivity index (χ3v) is 3.86. The lowest BCUT2D eigenvalue weighted by Crippen LogP contribution is -2.13. The van der Waals surface area contributed by atoms with Crippen molar-refractivity contribution in [3.05, 3.63) is 47.5 Å². The van der Waals surface area contributed by atoms with Gasteiger partial charge in [-0.15, -0.1) is 0 Å². The molecule has 0 saturated carbocycles. The summed E-state index contributed by atoms with van der Waals surface area (Å²) in [6.45, 7) is 2.16. The van der Waals surface area contributed by atoms with Crippen LogP contribution in [0.5, 0.6) is 0 Å². The minimum atomic E-state index is -3.93. The third kappa shape index (κ3) is 3.17. The van der Waals surface area contributed by atoms with Gasteiger partial charge in [-0.3, -0.25) is 4.72 Å². The zero-order chi connectivity index (χ0) is 14.8. The van der Waals surface area contributed by atoms with Crippen LogP contribution in [-0.2, 0) is 16.6 Å². The molecule has 0 aliphatic heterocycles. The van der Waals surface area contributed by atoms with Gasteiger partial charge in [-0.05, 0) is 43.8 Å². The molecule has 0 radical (unpaired) electrons. The molecule has 0 fully saturated rings. The van der Waals surface area contributed by atoms with Crippen molar-refractivity contribution in [1.29, 1.82) is 0 Å². The van der Waals surface area contributed by atoms with E-state index in [0.29, 0.717) is 12.3 Å². The summed E-state index contributed by atoms with van der Waals surface area (Å²) in [6.07, 6.45) is 0. The first kappa shape index (κ1) is 14.5. The molecule has 20 heavy (non-hydrogen) atoms. The van der Waals surface area contributed by atoms with Crippen LogP contribution < -0.4 is 10.0 Å². The van der Waals surface area contributed by atoms with E-state index in [1.165, 1.54) is 18.2 Å². The zero-order valence-electron chi connectivity index (χ0n) is 11.1. The van der Waals surface area contributed by atoms with Crippen LogP contribution in [0.3, 0.4) is 0 Å². The van der Waals surface area contributed by atoms with Gasteiger partial charge in [-0.2, -0.15) is 8.42 Å². The Bertz CT molecular complexity index is 710. The van der Waals surface area contributed by atoms with Gasteiger partial charge < -0.3 is 9.73 Å². The smallest absolute Gasteiger partial charge is 0.295 e. The van der Waals surface area contributed by atoms with Gasteiger partial charge in [0, 0.05) is 0 Å². The fourth-order valence-electron chi connectivity index (χ4n) is 1.68. The Kier molecular flexibility index (Phi) is 4.10. The van der Waals surface area contributed by atoms with Crippen molar-refractivity contribution in [2.75, 3.05) is 11.8 Å². The number of nitrogens with one attached hydrogen (secondary N) is 2. The number of hydrogen-bond donors (Lipinski definition) is 2. The maximum atomic E-state index is 13.6. The van der Waals surface area contributed by atoms with Crippen LogP contribution >= 0.6 is 0 Å². The number of sulfonamides is 1. The van der Waals surface area contributed by atoms with E-state index in [1.807, 2.05) is 0 Å². The average molecular weight is 298 g/mol. The van der Waals surface area contributed by atoms with E-state index >= 15 is 0 Å². The molecular weight excluding hydrogens is 283 g/mol. The first-order chi connectivity index (χ1) is 9.42. The molecule has 0 spiro atoms. The molecule has 1 aromatic carbocycles. The normalized spacial score (nSPS) is 11.6. The van der Waals surface area contributed by atoms with Crippen molar-refractivity contribution in [3.63, 3.8) is 0 Å². The van der Waals surface area contributed by atoms with Crippen molar-refractivity contribution >= 4 is 15.7 Å². The fraction of sp³-hybridized carbons (Fsp3) is 0.231. The summed E-state index contributed by atoms with van der Waals surface area (Å²) >= 11 is 0. The summed E-state index contributed by atoms with van der Waals surface area (Å²) < 4.78 is 45.1. The summed E-state index contributed by atoms with van der Waals surface area (Å²) in [5.41, 5.74) is 0.649. The topological polar surface area (TPSA) is 71.3 Å². The molecule has 2 rings (SSSR count). The van der Waals surface area contributed by atoms with Crippen molar-refractivity contribution in [1.82, 2.24) is 5.32 Å². The fourth-order valence-corrected chi connectivity index (χ4v) is 2.69. The summed E-state index contributed by atoms with van der Waals surface area (Å²) in [7, 11) is -2.22. The van der Waals surface area contributed by atoms with Crippen LogP contribution in [0, 0.1) is 12.7 Å². The number of hydrogen-bond acceptors (Lipinski definition) is 4. The Morgan fingerprint density at radius 2 is 2.00 bits per heavy atom. The quantitative estimate of drug-likeness (QED) is 0.888. The lowest BCUT2D eigenvalue weighted by Gasteiger charge is -2.07. The predicted octanol–water partition coefficient (Wildman–Crippen LogP) is 2.25. The van der Waals surface area contributed by atoms with Gasteiger partial charge in [-0.1, -0.05) is 6.07 Å². The largest absolute Gasteiger partial charge is 0.446 e. The van der Waals surface area contributed by atoms with Crippen LogP contribution in [0.15, 0.2) is 39.8 Å². The van der Waals surface area contributed by atoms with Crippen LogP contribution in [0.2, 0.25) is 0 Å². The Morgan fingerprint density at radius 1 is 1.25 bits per heavy atom. The average Bonchev–Trinajstić information content (AvgIpc) is 2.83. The van der Waals surface area contributed by atoms with Gasteiger partial charge >= 0.3 is 0 Å². The minimum absolute atomic E-state index is 0.100. The zero-order valence-corrected chi connectivity index (χ0v) is 11.9. The molecule has 0 atom stereocenters. The molecule has 0 aliphatic rings. The van der Waals surface area contributed by atoms with E-state index in [9.17, 15) is 12.8 Å². The van der Waals surface area contributed by atoms with Gasteiger partial charge in [-0.25, -0.2) is 4.39 Å². The summed E-state index contributed by atoms with van der Waals surface area (Å²) in [5.74, 6) is -0.154. The standard InChI is InChI=1S/C13H15FN2O3S/c1-9-3-5-11(14)12(7-9)16-20(17,18)13-6-4-10(19-13)8-15-2/h3-7,15-16H,8H2,1-2H3. The van der Waals surface area contributed by atoms with Crippen molar-refractivity contribution in [2.24, 2.45) is 0 Å². The Hall–Kier alpha value is -1.86. The van der Waals surface area contributed by atoms with E-state index in [-0.39, 0.29) is 10.8 Å². The molecule has 7 heteroatoms. The van der Waals surface area contributed by atoms with Gasteiger partial charge in [0.1, 0.15) is 11.6 Å². The van der Waals surface area contributed by atoms with Crippen LogP contribution in [0.25, 0.3) is 0 Å². The molecule has 0 aliphatic carbocycles. The maximum Gasteiger partial charge on any atom is 0.295 e. The highest BCUT2D eigenvalue weighted by atomic mass is 32.2.